The summed E-state index contributed by atoms with van der Waals surface area (Å²) >= 11 is 14.9. The molecule has 0 fully saturated rings. The maximum atomic E-state index is 12.0. The van der Waals surface area contributed by atoms with Crippen molar-refractivity contribution in [1.29, 1.82) is 0 Å². The highest BCUT2D eigenvalue weighted by molar-refractivity contribution is 9.10. The van der Waals surface area contributed by atoms with E-state index in [1.54, 1.807) is 24.3 Å². The molecule has 0 saturated carbocycles. The SMILES string of the molecule is O=C(Nc1ccc(O)c(Cl)c1)c1cc(Cl)cc(Br)c1. The summed E-state index contributed by atoms with van der Waals surface area (Å²) in [5.41, 5.74) is 0.910. The van der Waals surface area contributed by atoms with Crippen LogP contribution in [-0.4, -0.2) is 11.0 Å². The Hall–Kier alpha value is -1.23. The molecule has 6 heteroatoms. The number of halogens is 3. The van der Waals surface area contributed by atoms with Gasteiger partial charge in [0.15, 0.2) is 0 Å². The average Bonchev–Trinajstić information content (AvgIpc) is 2.32. The van der Waals surface area contributed by atoms with E-state index in [0.717, 1.165) is 0 Å². The fraction of sp³-hybridized carbons (Fsp3) is 0. The normalized spacial score (nSPS) is 10.3. The van der Waals surface area contributed by atoms with E-state index >= 15 is 0 Å². The molecule has 0 heterocycles. The first-order valence-electron chi connectivity index (χ1n) is 5.21. The summed E-state index contributed by atoms with van der Waals surface area (Å²) < 4.78 is 0.717. The average molecular weight is 361 g/mol. The van der Waals surface area contributed by atoms with Crippen LogP contribution >= 0.6 is 39.1 Å². The smallest absolute Gasteiger partial charge is 0.255 e. The molecule has 0 aliphatic rings. The maximum Gasteiger partial charge on any atom is 0.255 e. The second-order valence-electron chi connectivity index (χ2n) is 3.78. The molecule has 0 bridgehead atoms. The van der Waals surface area contributed by atoms with Crippen molar-refractivity contribution in [3.8, 4) is 5.75 Å². The Morgan fingerprint density at radius 1 is 1.16 bits per heavy atom. The van der Waals surface area contributed by atoms with Crippen LogP contribution in [0.25, 0.3) is 0 Å². The number of benzene rings is 2. The predicted molar refractivity (Wildman–Crippen MR) is 80.2 cm³/mol. The Labute approximate surface area is 128 Å². The van der Waals surface area contributed by atoms with Gasteiger partial charge in [0.2, 0.25) is 0 Å². The first-order chi connectivity index (χ1) is 8.95. The van der Waals surface area contributed by atoms with Crippen molar-refractivity contribution in [3.63, 3.8) is 0 Å². The van der Waals surface area contributed by atoms with E-state index in [1.807, 2.05) is 0 Å². The molecular weight excluding hydrogens is 353 g/mol. The zero-order valence-electron chi connectivity index (χ0n) is 9.45. The van der Waals surface area contributed by atoms with Gasteiger partial charge in [-0.2, -0.15) is 0 Å². The second-order valence-corrected chi connectivity index (χ2v) is 5.54. The fourth-order valence-corrected chi connectivity index (χ4v) is 2.51. The van der Waals surface area contributed by atoms with Crippen molar-refractivity contribution >= 4 is 50.7 Å². The van der Waals surface area contributed by atoms with Gasteiger partial charge in [-0.1, -0.05) is 39.1 Å². The van der Waals surface area contributed by atoms with Crippen molar-refractivity contribution in [2.45, 2.75) is 0 Å². The van der Waals surface area contributed by atoms with Gasteiger partial charge in [0, 0.05) is 20.7 Å². The summed E-state index contributed by atoms with van der Waals surface area (Å²) in [6, 6.07) is 9.33. The number of hydrogen-bond donors (Lipinski definition) is 2. The first kappa shape index (κ1) is 14.2. The Kier molecular flexibility index (Phi) is 4.34. The quantitative estimate of drug-likeness (QED) is 0.761. The van der Waals surface area contributed by atoms with E-state index < -0.39 is 0 Å². The molecule has 1 amide bonds. The Balaban J connectivity index is 2.22. The number of amides is 1. The summed E-state index contributed by atoms with van der Waals surface area (Å²) in [6.07, 6.45) is 0. The minimum absolute atomic E-state index is 0.0369. The Bertz CT molecular complexity index is 626. The molecule has 0 radical (unpaired) electrons. The molecule has 19 heavy (non-hydrogen) atoms. The van der Waals surface area contributed by atoms with E-state index in [1.165, 1.54) is 12.1 Å². The van der Waals surface area contributed by atoms with Crippen LogP contribution in [0.2, 0.25) is 10.0 Å². The van der Waals surface area contributed by atoms with Gasteiger partial charge in [-0.25, -0.2) is 0 Å². The molecule has 0 aromatic heterocycles. The lowest BCUT2D eigenvalue weighted by atomic mass is 10.2. The lowest BCUT2D eigenvalue weighted by molar-refractivity contribution is 0.102. The molecule has 0 spiro atoms. The number of phenols is 1. The van der Waals surface area contributed by atoms with Gasteiger partial charge in [0.25, 0.3) is 5.91 Å². The molecule has 98 valence electrons. The monoisotopic (exact) mass is 359 g/mol. The van der Waals surface area contributed by atoms with Crippen LogP contribution in [0.5, 0.6) is 5.75 Å². The lowest BCUT2D eigenvalue weighted by Crippen LogP contribution is -2.11. The molecule has 2 N–H and O–H groups in total. The molecule has 3 nitrogen and oxygen atoms in total. The van der Waals surface area contributed by atoms with Crippen molar-refractivity contribution in [2.75, 3.05) is 5.32 Å². The van der Waals surface area contributed by atoms with Crippen molar-refractivity contribution in [2.24, 2.45) is 0 Å². The molecule has 0 aliphatic carbocycles. The third-order valence-corrected chi connectivity index (χ3v) is 3.31. The molecule has 0 atom stereocenters. The number of phenolic OH excluding ortho intramolecular Hbond substituents is 1. The Morgan fingerprint density at radius 3 is 2.53 bits per heavy atom. The standard InChI is InChI=1S/C13H8BrCl2NO2/c14-8-3-7(4-9(15)5-8)13(19)17-10-1-2-12(18)11(16)6-10/h1-6,18H,(H,17,19). The number of carbonyl (C=O) groups is 1. The number of hydrogen-bond acceptors (Lipinski definition) is 2. The van der Waals surface area contributed by atoms with Crippen molar-refractivity contribution in [1.82, 2.24) is 0 Å². The van der Waals surface area contributed by atoms with Crippen molar-refractivity contribution < 1.29 is 9.90 Å². The predicted octanol–water partition coefficient (Wildman–Crippen LogP) is 4.71. The molecule has 0 aliphatic heterocycles. The molecule has 2 rings (SSSR count). The number of aromatic hydroxyl groups is 1. The molecule has 0 saturated heterocycles. The van der Waals surface area contributed by atoms with Gasteiger partial charge in [0.05, 0.1) is 5.02 Å². The highest BCUT2D eigenvalue weighted by atomic mass is 79.9. The van der Waals surface area contributed by atoms with E-state index in [2.05, 4.69) is 21.2 Å². The molecule has 2 aromatic carbocycles. The highest BCUT2D eigenvalue weighted by Gasteiger charge is 2.09. The third kappa shape index (κ3) is 3.62. The summed E-state index contributed by atoms with van der Waals surface area (Å²) in [6.45, 7) is 0. The highest BCUT2D eigenvalue weighted by Crippen LogP contribution is 2.27. The fourth-order valence-electron chi connectivity index (χ4n) is 1.47. The topological polar surface area (TPSA) is 49.3 Å². The van der Waals surface area contributed by atoms with Gasteiger partial charge < -0.3 is 10.4 Å². The summed E-state index contributed by atoms with van der Waals surface area (Å²) in [5.74, 6) is -0.352. The molecule has 2 aromatic rings. The van der Waals surface area contributed by atoms with Gasteiger partial charge in [-0.3, -0.25) is 4.79 Å². The van der Waals surface area contributed by atoms with Crippen molar-refractivity contribution in [3.05, 3.63) is 56.5 Å². The zero-order chi connectivity index (χ0) is 14.0. The van der Waals surface area contributed by atoms with Gasteiger partial charge in [0.1, 0.15) is 5.75 Å². The minimum Gasteiger partial charge on any atom is -0.506 e. The largest absolute Gasteiger partial charge is 0.506 e. The molecule has 0 unspecified atom stereocenters. The maximum absolute atomic E-state index is 12.0. The van der Waals surface area contributed by atoms with E-state index in [9.17, 15) is 9.90 Å². The van der Waals surface area contributed by atoms with Crippen LogP contribution in [0.4, 0.5) is 5.69 Å². The van der Waals surface area contributed by atoms with Crippen LogP contribution in [0.1, 0.15) is 10.4 Å². The Morgan fingerprint density at radius 2 is 1.89 bits per heavy atom. The van der Waals surface area contributed by atoms with Crippen LogP contribution in [-0.2, 0) is 0 Å². The van der Waals surface area contributed by atoms with Crippen LogP contribution in [0, 0.1) is 0 Å². The summed E-state index contributed by atoms with van der Waals surface area (Å²) in [4.78, 5) is 12.0. The minimum atomic E-state index is -0.315. The lowest BCUT2D eigenvalue weighted by Gasteiger charge is -2.07. The van der Waals surface area contributed by atoms with Gasteiger partial charge >= 0.3 is 0 Å². The summed E-state index contributed by atoms with van der Waals surface area (Å²) in [5, 5.41) is 12.6. The van der Waals surface area contributed by atoms with Crippen LogP contribution < -0.4 is 5.32 Å². The number of anilines is 1. The zero-order valence-corrected chi connectivity index (χ0v) is 12.6. The van der Waals surface area contributed by atoms with E-state index in [4.69, 9.17) is 23.2 Å². The van der Waals surface area contributed by atoms with Gasteiger partial charge in [-0.15, -0.1) is 0 Å². The molecular formula is C13H8BrCl2NO2. The second kappa shape index (κ2) is 5.82. The number of carbonyl (C=O) groups excluding carboxylic acids is 1. The third-order valence-electron chi connectivity index (χ3n) is 2.33. The number of rotatable bonds is 2. The van der Waals surface area contributed by atoms with E-state index in [0.29, 0.717) is 20.7 Å². The van der Waals surface area contributed by atoms with E-state index in [-0.39, 0.29) is 16.7 Å². The first-order valence-corrected chi connectivity index (χ1v) is 6.76. The summed E-state index contributed by atoms with van der Waals surface area (Å²) in [7, 11) is 0. The van der Waals surface area contributed by atoms with Crippen LogP contribution in [0.15, 0.2) is 40.9 Å². The van der Waals surface area contributed by atoms with Gasteiger partial charge in [-0.05, 0) is 36.4 Å². The number of nitrogens with one attached hydrogen (secondary N) is 1. The van der Waals surface area contributed by atoms with Crippen LogP contribution in [0.3, 0.4) is 0 Å².